The summed E-state index contributed by atoms with van der Waals surface area (Å²) in [5.41, 5.74) is 0.671. The van der Waals surface area contributed by atoms with Crippen LogP contribution >= 0.6 is 11.6 Å². The van der Waals surface area contributed by atoms with E-state index in [1.807, 2.05) is 13.8 Å². The van der Waals surface area contributed by atoms with Gasteiger partial charge in [0.1, 0.15) is 5.75 Å². The molecule has 0 aromatic heterocycles. The van der Waals surface area contributed by atoms with Crippen LogP contribution in [-0.4, -0.2) is 25.1 Å². The molecule has 1 atom stereocenters. The summed E-state index contributed by atoms with van der Waals surface area (Å²) in [5.74, 6) is 0.542. The van der Waals surface area contributed by atoms with Gasteiger partial charge in [-0.2, -0.15) is 0 Å². The number of carbonyl (C=O) groups excluding carboxylic acids is 1. The van der Waals surface area contributed by atoms with Crippen LogP contribution in [0, 0.1) is 0 Å². The first kappa shape index (κ1) is 15.8. The summed E-state index contributed by atoms with van der Waals surface area (Å²) in [6.07, 6.45) is 0.988. The number of benzene rings is 1. The van der Waals surface area contributed by atoms with E-state index in [4.69, 9.17) is 16.3 Å². The Balaban J connectivity index is 2.53. The highest BCUT2D eigenvalue weighted by molar-refractivity contribution is 6.32. The smallest absolute Gasteiger partial charge is 0.238 e. The number of carbonyl (C=O) groups is 1. The van der Waals surface area contributed by atoms with Gasteiger partial charge < -0.3 is 15.4 Å². The molecule has 0 bridgehead atoms. The van der Waals surface area contributed by atoms with E-state index in [-0.39, 0.29) is 5.91 Å². The Kier molecular flexibility index (Phi) is 6.67. The molecule has 4 nitrogen and oxygen atoms in total. The van der Waals surface area contributed by atoms with Crippen LogP contribution in [0.2, 0.25) is 5.02 Å². The minimum Gasteiger partial charge on any atom is -0.492 e. The van der Waals surface area contributed by atoms with Gasteiger partial charge in [-0.15, -0.1) is 0 Å². The fraction of sp³-hybridized carbons (Fsp3) is 0.500. The van der Waals surface area contributed by atoms with Crippen LogP contribution in [0.4, 0.5) is 5.69 Å². The highest BCUT2D eigenvalue weighted by atomic mass is 35.5. The molecule has 0 aliphatic heterocycles. The van der Waals surface area contributed by atoms with Gasteiger partial charge in [-0.05, 0) is 38.5 Å². The summed E-state index contributed by atoms with van der Waals surface area (Å²) >= 11 is 6.05. The zero-order valence-electron chi connectivity index (χ0n) is 11.6. The van der Waals surface area contributed by atoms with Gasteiger partial charge in [-0.1, -0.05) is 18.5 Å². The third-order valence-electron chi connectivity index (χ3n) is 2.74. The first-order valence-electron chi connectivity index (χ1n) is 6.52. The molecular formula is C14H21ClN2O2. The van der Waals surface area contributed by atoms with Crippen LogP contribution in [0.1, 0.15) is 27.2 Å². The van der Waals surface area contributed by atoms with Crippen LogP contribution in [0.15, 0.2) is 18.2 Å². The second-order valence-electron chi connectivity index (χ2n) is 4.32. The third-order valence-corrected chi connectivity index (χ3v) is 3.03. The highest BCUT2D eigenvalue weighted by Gasteiger charge is 2.07. The summed E-state index contributed by atoms with van der Waals surface area (Å²) < 4.78 is 5.33. The van der Waals surface area contributed by atoms with Crippen molar-refractivity contribution in [3.05, 3.63) is 23.2 Å². The van der Waals surface area contributed by atoms with Crippen LogP contribution in [0.3, 0.4) is 0 Å². The molecule has 0 radical (unpaired) electrons. The standard InChI is InChI=1S/C14H21ClN2O2/c1-4-10(3)16-9-14(18)17-11-6-7-13(19-5-2)12(15)8-11/h6-8,10,16H,4-5,9H2,1-3H3,(H,17,18). The minimum absolute atomic E-state index is 0.0828. The van der Waals surface area contributed by atoms with E-state index in [1.165, 1.54) is 0 Å². The van der Waals surface area contributed by atoms with E-state index < -0.39 is 0 Å². The molecule has 1 rings (SSSR count). The van der Waals surface area contributed by atoms with E-state index in [0.717, 1.165) is 6.42 Å². The third kappa shape index (κ3) is 5.49. The normalized spacial score (nSPS) is 12.0. The van der Waals surface area contributed by atoms with Gasteiger partial charge in [0.05, 0.1) is 18.2 Å². The molecule has 19 heavy (non-hydrogen) atoms. The molecule has 106 valence electrons. The Bertz CT molecular complexity index is 424. The minimum atomic E-state index is -0.0828. The molecule has 2 N–H and O–H groups in total. The van der Waals surface area contributed by atoms with Crippen LogP contribution in [-0.2, 0) is 4.79 Å². The Morgan fingerprint density at radius 2 is 2.16 bits per heavy atom. The average Bonchev–Trinajstić information content (AvgIpc) is 2.39. The number of nitrogens with one attached hydrogen (secondary N) is 2. The summed E-state index contributed by atoms with van der Waals surface area (Å²) in [4.78, 5) is 11.7. The van der Waals surface area contributed by atoms with Crippen molar-refractivity contribution in [2.75, 3.05) is 18.5 Å². The second kappa shape index (κ2) is 8.02. The fourth-order valence-corrected chi connectivity index (χ4v) is 1.70. The van der Waals surface area contributed by atoms with Gasteiger partial charge in [0.2, 0.25) is 5.91 Å². The first-order chi connectivity index (χ1) is 9.06. The van der Waals surface area contributed by atoms with Crippen molar-refractivity contribution in [1.29, 1.82) is 0 Å². The summed E-state index contributed by atoms with van der Waals surface area (Å²) in [6.45, 7) is 6.86. The maximum absolute atomic E-state index is 11.7. The largest absolute Gasteiger partial charge is 0.492 e. The van der Waals surface area contributed by atoms with Gasteiger partial charge in [-0.3, -0.25) is 4.79 Å². The molecular weight excluding hydrogens is 264 g/mol. The molecule has 1 aromatic rings. The molecule has 0 saturated heterocycles. The Morgan fingerprint density at radius 3 is 2.74 bits per heavy atom. The number of hydrogen-bond acceptors (Lipinski definition) is 3. The quantitative estimate of drug-likeness (QED) is 0.809. The lowest BCUT2D eigenvalue weighted by molar-refractivity contribution is -0.115. The van der Waals surface area contributed by atoms with E-state index in [1.54, 1.807) is 18.2 Å². The van der Waals surface area contributed by atoms with E-state index in [0.29, 0.717) is 35.7 Å². The summed E-state index contributed by atoms with van der Waals surface area (Å²) in [5, 5.41) is 6.41. The monoisotopic (exact) mass is 284 g/mol. The number of anilines is 1. The predicted octanol–water partition coefficient (Wildman–Crippen LogP) is 3.07. The van der Waals surface area contributed by atoms with Gasteiger partial charge in [0.15, 0.2) is 0 Å². The van der Waals surface area contributed by atoms with Crippen molar-refractivity contribution in [2.24, 2.45) is 0 Å². The lowest BCUT2D eigenvalue weighted by Gasteiger charge is -2.12. The van der Waals surface area contributed by atoms with Crippen molar-refractivity contribution in [1.82, 2.24) is 5.32 Å². The van der Waals surface area contributed by atoms with Crippen molar-refractivity contribution in [2.45, 2.75) is 33.2 Å². The lowest BCUT2D eigenvalue weighted by atomic mass is 10.2. The van der Waals surface area contributed by atoms with Crippen LogP contribution in [0.5, 0.6) is 5.75 Å². The van der Waals surface area contributed by atoms with E-state index in [9.17, 15) is 4.79 Å². The molecule has 0 aliphatic carbocycles. The number of ether oxygens (including phenoxy) is 1. The SMILES string of the molecule is CCOc1ccc(NC(=O)CNC(C)CC)cc1Cl. The average molecular weight is 285 g/mol. The second-order valence-corrected chi connectivity index (χ2v) is 4.72. The number of halogens is 1. The molecule has 0 aliphatic rings. The van der Waals surface area contributed by atoms with Crippen molar-refractivity contribution in [3.63, 3.8) is 0 Å². The first-order valence-corrected chi connectivity index (χ1v) is 6.90. The van der Waals surface area contributed by atoms with Crippen molar-refractivity contribution in [3.8, 4) is 5.75 Å². The van der Waals surface area contributed by atoms with Crippen LogP contribution in [0.25, 0.3) is 0 Å². The van der Waals surface area contributed by atoms with Crippen LogP contribution < -0.4 is 15.4 Å². The highest BCUT2D eigenvalue weighted by Crippen LogP contribution is 2.27. The Labute approximate surface area is 119 Å². The molecule has 1 amide bonds. The van der Waals surface area contributed by atoms with Gasteiger partial charge in [0.25, 0.3) is 0 Å². The molecule has 0 saturated carbocycles. The predicted molar refractivity (Wildman–Crippen MR) is 79.0 cm³/mol. The molecule has 0 heterocycles. The van der Waals surface area contributed by atoms with E-state index >= 15 is 0 Å². The molecule has 5 heteroatoms. The maximum atomic E-state index is 11.7. The lowest BCUT2D eigenvalue weighted by Crippen LogP contribution is -2.33. The molecule has 1 unspecified atom stereocenters. The number of hydrogen-bond donors (Lipinski definition) is 2. The molecule has 0 spiro atoms. The summed E-state index contributed by atoms with van der Waals surface area (Å²) in [7, 11) is 0. The zero-order chi connectivity index (χ0) is 14.3. The molecule has 1 aromatic carbocycles. The van der Waals surface area contributed by atoms with Gasteiger partial charge >= 0.3 is 0 Å². The van der Waals surface area contributed by atoms with E-state index in [2.05, 4.69) is 17.6 Å². The van der Waals surface area contributed by atoms with Crippen molar-refractivity contribution < 1.29 is 9.53 Å². The maximum Gasteiger partial charge on any atom is 0.238 e. The number of rotatable bonds is 7. The van der Waals surface area contributed by atoms with Gasteiger partial charge in [-0.25, -0.2) is 0 Å². The molecule has 0 fully saturated rings. The summed E-state index contributed by atoms with van der Waals surface area (Å²) in [6, 6.07) is 5.55. The number of amides is 1. The Hall–Kier alpha value is -1.26. The van der Waals surface area contributed by atoms with Crippen molar-refractivity contribution >= 4 is 23.2 Å². The Morgan fingerprint density at radius 1 is 1.42 bits per heavy atom. The fourth-order valence-electron chi connectivity index (χ4n) is 1.47. The van der Waals surface area contributed by atoms with Gasteiger partial charge in [0, 0.05) is 11.7 Å². The topological polar surface area (TPSA) is 50.4 Å². The zero-order valence-corrected chi connectivity index (χ0v) is 12.4.